The molecule has 0 fully saturated rings. The average Bonchev–Trinajstić information content (AvgIpc) is 2.37. The van der Waals surface area contributed by atoms with Crippen LogP contribution in [0.3, 0.4) is 0 Å². The van der Waals surface area contributed by atoms with E-state index in [4.69, 9.17) is 15.2 Å². The van der Waals surface area contributed by atoms with Gasteiger partial charge in [0.15, 0.2) is 6.79 Å². The van der Waals surface area contributed by atoms with Crippen LogP contribution in [0.5, 0.6) is 5.75 Å². The molecular weight excluding hydrogens is 240 g/mol. The second-order valence-corrected chi connectivity index (χ2v) is 5.50. The van der Waals surface area contributed by atoms with Crippen LogP contribution in [0, 0.1) is 5.92 Å². The van der Waals surface area contributed by atoms with Crippen molar-refractivity contribution in [3.63, 3.8) is 0 Å². The van der Waals surface area contributed by atoms with Gasteiger partial charge < -0.3 is 15.2 Å². The zero-order chi connectivity index (χ0) is 13.8. The van der Waals surface area contributed by atoms with Crippen molar-refractivity contribution in [3.8, 4) is 5.75 Å². The molecule has 0 saturated carbocycles. The van der Waals surface area contributed by atoms with E-state index in [2.05, 4.69) is 25.7 Å². The number of rotatable bonds is 5. The quantitative estimate of drug-likeness (QED) is 0.830. The number of fused-ring (bicyclic) bond motifs is 1. The molecule has 2 N–H and O–H groups in total. The lowest BCUT2D eigenvalue weighted by molar-refractivity contribution is -0.0174. The van der Waals surface area contributed by atoms with E-state index in [-0.39, 0.29) is 0 Å². The minimum atomic E-state index is 0.334. The van der Waals surface area contributed by atoms with Crippen molar-refractivity contribution in [3.05, 3.63) is 23.3 Å². The van der Waals surface area contributed by atoms with Crippen LogP contribution in [0.4, 0.5) is 5.69 Å². The predicted molar refractivity (Wildman–Crippen MR) is 76.9 cm³/mol. The van der Waals surface area contributed by atoms with Crippen LogP contribution < -0.4 is 10.5 Å². The summed E-state index contributed by atoms with van der Waals surface area (Å²) >= 11 is 0. The summed E-state index contributed by atoms with van der Waals surface area (Å²) < 4.78 is 11.0. The molecule has 4 heteroatoms. The number of benzene rings is 1. The van der Waals surface area contributed by atoms with Crippen molar-refractivity contribution in [2.24, 2.45) is 5.92 Å². The van der Waals surface area contributed by atoms with E-state index in [1.165, 1.54) is 5.56 Å². The van der Waals surface area contributed by atoms with Gasteiger partial charge in [0.25, 0.3) is 0 Å². The zero-order valence-electron chi connectivity index (χ0n) is 12.1. The number of ether oxygens (including phenoxy) is 2. The monoisotopic (exact) mass is 264 g/mol. The molecule has 4 nitrogen and oxygen atoms in total. The molecule has 1 heterocycles. The fraction of sp³-hybridized carbons (Fsp3) is 0.600. The molecule has 0 bridgehead atoms. The molecule has 1 aromatic carbocycles. The highest BCUT2D eigenvalue weighted by atomic mass is 16.7. The van der Waals surface area contributed by atoms with Crippen molar-refractivity contribution in [2.45, 2.75) is 33.9 Å². The number of hydrogen-bond donors (Lipinski definition) is 1. The molecule has 0 aromatic heterocycles. The maximum atomic E-state index is 5.97. The van der Waals surface area contributed by atoms with E-state index < -0.39 is 0 Å². The Morgan fingerprint density at radius 3 is 2.84 bits per heavy atom. The van der Waals surface area contributed by atoms with Crippen LogP contribution >= 0.6 is 0 Å². The molecule has 2 rings (SSSR count). The molecule has 0 radical (unpaired) electrons. The lowest BCUT2D eigenvalue weighted by atomic mass is 10.1. The number of nitrogen functional groups attached to an aromatic ring is 1. The third kappa shape index (κ3) is 3.61. The first-order chi connectivity index (χ1) is 9.10. The Morgan fingerprint density at radius 1 is 1.37 bits per heavy atom. The van der Waals surface area contributed by atoms with Gasteiger partial charge in [-0.15, -0.1) is 0 Å². The van der Waals surface area contributed by atoms with Crippen LogP contribution in [0.2, 0.25) is 0 Å². The molecule has 0 amide bonds. The molecule has 19 heavy (non-hydrogen) atoms. The Balaban J connectivity index is 2.21. The van der Waals surface area contributed by atoms with E-state index in [9.17, 15) is 0 Å². The molecule has 0 atom stereocenters. The van der Waals surface area contributed by atoms with E-state index >= 15 is 0 Å². The van der Waals surface area contributed by atoms with Crippen molar-refractivity contribution in [1.82, 2.24) is 4.90 Å². The van der Waals surface area contributed by atoms with Gasteiger partial charge in [-0.05, 0) is 24.6 Å². The van der Waals surface area contributed by atoms with Crippen LogP contribution in [-0.2, 0) is 17.9 Å². The van der Waals surface area contributed by atoms with Crippen molar-refractivity contribution < 1.29 is 9.47 Å². The molecule has 1 aliphatic rings. The van der Waals surface area contributed by atoms with Crippen LogP contribution in [0.15, 0.2) is 12.1 Å². The fourth-order valence-corrected chi connectivity index (χ4v) is 2.51. The molecule has 0 spiro atoms. The normalized spacial score (nSPS) is 14.6. The number of hydrogen-bond acceptors (Lipinski definition) is 4. The van der Waals surface area contributed by atoms with Crippen molar-refractivity contribution in [1.29, 1.82) is 0 Å². The molecule has 0 saturated heterocycles. The molecule has 1 aliphatic heterocycles. The smallest absolute Gasteiger partial charge is 0.189 e. The molecule has 0 aliphatic carbocycles. The molecule has 106 valence electrons. The average molecular weight is 264 g/mol. The number of anilines is 1. The van der Waals surface area contributed by atoms with Gasteiger partial charge in [-0.3, -0.25) is 4.90 Å². The molecule has 0 unspecified atom stereocenters. The van der Waals surface area contributed by atoms with Crippen LogP contribution in [-0.4, -0.2) is 24.8 Å². The van der Waals surface area contributed by atoms with Gasteiger partial charge in [0, 0.05) is 29.9 Å². The highest BCUT2D eigenvalue weighted by Crippen LogP contribution is 2.31. The largest absolute Gasteiger partial charge is 0.467 e. The van der Waals surface area contributed by atoms with E-state index in [1.807, 2.05) is 12.1 Å². The lowest BCUT2D eigenvalue weighted by Crippen LogP contribution is -2.28. The summed E-state index contributed by atoms with van der Waals surface area (Å²) in [6, 6.07) is 3.96. The third-order valence-electron chi connectivity index (χ3n) is 3.27. The summed E-state index contributed by atoms with van der Waals surface area (Å²) in [4.78, 5) is 2.42. The summed E-state index contributed by atoms with van der Waals surface area (Å²) in [5.41, 5.74) is 8.98. The first-order valence-electron chi connectivity index (χ1n) is 6.94. The number of nitrogens with two attached hydrogens (primary N) is 1. The standard InChI is InChI=1S/C15H24N2O2/c1-4-17(7-11(2)3)8-12-5-14(16)6-13-9-18-10-19-15(12)13/h5-6,11H,4,7-10,16H2,1-3H3. The van der Waals surface area contributed by atoms with Crippen LogP contribution in [0.1, 0.15) is 31.9 Å². The minimum absolute atomic E-state index is 0.334. The van der Waals surface area contributed by atoms with E-state index in [0.29, 0.717) is 19.3 Å². The van der Waals surface area contributed by atoms with Gasteiger partial charge in [-0.25, -0.2) is 0 Å². The first kappa shape index (κ1) is 14.2. The zero-order valence-corrected chi connectivity index (χ0v) is 12.1. The lowest BCUT2D eigenvalue weighted by Gasteiger charge is -2.26. The number of nitrogens with zero attached hydrogens (tertiary/aromatic N) is 1. The highest BCUT2D eigenvalue weighted by molar-refractivity contribution is 5.53. The van der Waals surface area contributed by atoms with Gasteiger partial charge >= 0.3 is 0 Å². The highest BCUT2D eigenvalue weighted by Gasteiger charge is 2.18. The fourth-order valence-electron chi connectivity index (χ4n) is 2.51. The van der Waals surface area contributed by atoms with Gasteiger partial charge in [0.05, 0.1) is 6.61 Å². The SMILES string of the molecule is CCN(Cc1cc(N)cc2c1OCOC2)CC(C)C. The summed E-state index contributed by atoms with van der Waals surface area (Å²) in [7, 11) is 0. The summed E-state index contributed by atoms with van der Waals surface area (Å²) in [5.74, 6) is 1.61. The Bertz CT molecular complexity index is 432. The predicted octanol–water partition coefficient (Wildman–Crippen LogP) is 2.61. The van der Waals surface area contributed by atoms with Gasteiger partial charge in [0.1, 0.15) is 5.75 Å². The third-order valence-corrected chi connectivity index (χ3v) is 3.27. The molecule has 1 aromatic rings. The second-order valence-electron chi connectivity index (χ2n) is 5.50. The van der Waals surface area contributed by atoms with Gasteiger partial charge in [0.2, 0.25) is 0 Å². The summed E-state index contributed by atoms with van der Waals surface area (Å²) in [6.07, 6.45) is 0. The van der Waals surface area contributed by atoms with Crippen molar-refractivity contribution >= 4 is 5.69 Å². The van der Waals surface area contributed by atoms with Crippen molar-refractivity contribution in [2.75, 3.05) is 25.6 Å². The maximum absolute atomic E-state index is 5.97. The summed E-state index contributed by atoms with van der Waals surface area (Å²) in [5, 5.41) is 0. The Kier molecular flexibility index (Phi) is 4.66. The Morgan fingerprint density at radius 2 is 2.16 bits per heavy atom. The Hall–Kier alpha value is -1.26. The van der Waals surface area contributed by atoms with Gasteiger partial charge in [-0.2, -0.15) is 0 Å². The van der Waals surface area contributed by atoms with E-state index in [1.54, 1.807) is 0 Å². The van der Waals surface area contributed by atoms with E-state index in [0.717, 1.165) is 36.6 Å². The minimum Gasteiger partial charge on any atom is -0.467 e. The Labute approximate surface area is 115 Å². The maximum Gasteiger partial charge on any atom is 0.189 e. The topological polar surface area (TPSA) is 47.7 Å². The van der Waals surface area contributed by atoms with Crippen LogP contribution in [0.25, 0.3) is 0 Å². The first-order valence-corrected chi connectivity index (χ1v) is 6.94. The second kappa shape index (κ2) is 6.26. The van der Waals surface area contributed by atoms with Gasteiger partial charge in [-0.1, -0.05) is 20.8 Å². The molecular formula is C15H24N2O2. The summed E-state index contributed by atoms with van der Waals surface area (Å²) in [6.45, 7) is 10.6.